The van der Waals surface area contributed by atoms with Crippen LogP contribution < -0.4 is 0 Å². The van der Waals surface area contributed by atoms with Gasteiger partial charge in [-0.1, -0.05) is 6.92 Å². The Morgan fingerprint density at radius 1 is 1.58 bits per heavy atom. The Hall–Kier alpha value is -0.540. The lowest BCUT2D eigenvalue weighted by molar-refractivity contribution is -0.146. The highest BCUT2D eigenvalue weighted by Gasteiger charge is 2.43. The molecule has 3 nitrogen and oxygen atoms in total. The summed E-state index contributed by atoms with van der Waals surface area (Å²) in [7, 11) is 0. The van der Waals surface area contributed by atoms with E-state index in [9.17, 15) is 5.11 Å². The zero-order valence-corrected chi connectivity index (χ0v) is 7.19. The fourth-order valence-electron chi connectivity index (χ4n) is 1.87. The maximum atomic E-state index is 9.27. The Morgan fingerprint density at radius 3 is 3.00 bits per heavy atom. The second kappa shape index (κ2) is 2.75. The van der Waals surface area contributed by atoms with Crippen LogP contribution in [0.4, 0.5) is 0 Å². The molecule has 3 atom stereocenters. The maximum absolute atomic E-state index is 9.27. The van der Waals surface area contributed by atoms with E-state index >= 15 is 0 Å². The third-order valence-corrected chi connectivity index (χ3v) is 2.76. The predicted octanol–water partition coefficient (Wildman–Crippen LogP) is 1.03. The van der Waals surface area contributed by atoms with E-state index in [4.69, 9.17) is 9.47 Å². The topological polar surface area (TPSA) is 38.7 Å². The van der Waals surface area contributed by atoms with Crippen molar-refractivity contribution in [3.05, 3.63) is 12.3 Å². The van der Waals surface area contributed by atoms with Gasteiger partial charge in [-0.25, -0.2) is 0 Å². The molecule has 2 unspecified atom stereocenters. The average molecular weight is 170 g/mol. The summed E-state index contributed by atoms with van der Waals surface area (Å²) in [5, 5.41) is 9.27. The summed E-state index contributed by atoms with van der Waals surface area (Å²) in [6.45, 7) is 2.77. The molecule has 2 heterocycles. The number of hydrogen-bond donors (Lipinski definition) is 1. The van der Waals surface area contributed by atoms with Gasteiger partial charge < -0.3 is 14.6 Å². The number of hydrogen-bond acceptors (Lipinski definition) is 3. The van der Waals surface area contributed by atoms with Gasteiger partial charge in [0.2, 0.25) is 0 Å². The number of rotatable bonds is 0. The van der Waals surface area contributed by atoms with Crippen molar-refractivity contribution in [1.82, 2.24) is 0 Å². The highest BCUT2D eigenvalue weighted by molar-refractivity contribution is 5.08. The number of aliphatic hydroxyl groups is 1. The molecule has 0 aromatic carbocycles. The molecule has 1 N–H and O–H groups in total. The molecule has 2 aliphatic heterocycles. The van der Waals surface area contributed by atoms with Crippen LogP contribution in [0.3, 0.4) is 0 Å². The summed E-state index contributed by atoms with van der Waals surface area (Å²) in [6.07, 6.45) is 4.65. The van der Waals surface area contributed by atoms with Gasteiger partial charge in [0.05, 0.1) is 18.5 Å². The lowest BCUT2D eigenvalue weighted by atomic mass is 9.86. The van der Waals surface area contributed by atoms with Crippen molar-refractivity contribution in [1.29, 1.82) is 0 Å². The zero-order chi connectivity index (χ0) is 8.60. The second-order valence-electron chi connectivity index (χ2n) is 3.60. The first kappa shape index (κ1) is 8.08. The smallest absolute Gasteiger partial charge is 0.155 e. The monoisotopic (exact) mass is 170 g/mol. The van der Waals surface area contributed by atoms with Gasteiger partial charge in [0.15, 0.2) is 6.29 Å². The lowest BCUT2D eigenvalue weighted by Gasteiger charge is -2.34. The first-order chi connectivity index (χ1) is 5.73. The summed E-state index contributed by atoms with van der Waals surface area (Å²) < 4.78 is 10.7. The van der Waals surface area contributed by atoms with Crippen LogP contribution in [0.5, 0.6) is 0 Å². The van der Waals surface area contributed by atoms with E-state index in [0.29, 0.717) is 12.5 Å². The summed E-state index contributed by atoms with van der Waals surface area (Å²) in [5.41, 5.74) is -0.252. The van der Waals surface area contributed by atoms with Gasteiger partial charge in [-0.3, -0.25) is 0 Å². The first-order valence-electron chi connectivity index (χ1n) is 4.38. The molecule has 0 amide bonds. The Labute approximate surface area is 72.0 Å². The molecule has 12 heavy (non-hydrogen) atoms. The highest BCUT2D eigenvalue weighted by Crippen LogP contribution is 2.38. The van der Waals surface area contributed by atoms with Gasteiger partial charge in [-0.05, 0) is 12.5 Å². The van der Waals surface area contributed by atoms with Gasteiger partial charge in [0, 0.05) is 12.3 Å². The predicted molar refractivity (Wildman–Crippen MR) is 43.3 cm³/mol. The quantitative estimate of drug-likeness (QED) is 0.590. The lowest BCUT2D eigenvalue weighted by Crippen LogP contribution is -2.39. The van der Waals surface area contributed by atoms with Gasteiger partial charge in [-0.2, -0.15) is 0 Å². The molecule has 1 fully saturated rings. The zero-order valence-electron chi connectivity index (χ0n) is 7.19. The summed E-state index contributed by atoms with van der Waals surface area (Å²) in [6, 6.07) is 0. The Balaban J connectivity index is 2.18. The van der Waals surface area contributed by atoms with Crippen LogP contribution in [0, 0.1) is 5.92 Å². The molecule has 0 saturated carbocycles. The minimum atomic E-state index is -0.588. The van der Waals surface area contributed by atoms with Crippen LogP contribution in [0.15, 0.2) is 12.3 Å². The van der Waals surface area contributed by atoms with E-state index < -0.39 is 6.29 Å². The Morgan fingerprint density at radius 2 is 2.42 bits per heavy atom. The van der Waals surface area contributed by atoms with E-state index in [1.54, 1.807) is 6.26 Å². The number of aliphatic hydroxyl groups excluding tert-OH is 1. The van der Waals surface area contributed by atoms with Crippen molar-refractivity contribution >= 4 is 0 Å². The van der Waals surface area contributed by atoms with Crippen molar-refractivity contribution in [2.75, 3.05) is 6.61 Å². The number of ether oxygens (including phenoxy) is 2. The third-order valence-electron chi connectivity index (χ3n) is 2.76. The average Bonchev–Trinajstić information content (AvgIpc) is 2.41. The minimum Gasteiger partial charge on any atom is -0.501 e. The van der Waals surface area contributed by atoms with Crippen molar-refractivity contribution in [3.63, 3.8) is 0 Å². The normalized spacial score (nSPS) is 46.5. The fourth-order valence-corrected chi connectivity index (χ4v) is 1.87. The molecule has 0 radical (unpaired) electrons. The molecular weight excluding hydrogens is 156 g/mol. The Kier molecular flexibility index (Phi) is 1.85. The molecule has 0 aliphatic carbocycles. The van der Waals surface area contributed by atoms with Gasteiger partial charge >= 0.3 is 0 Å². The van der Waals surface area contributed by atoms with Crippen LogP contribution in [0.2, 0.25) is 0 Å². The molecule has 3 heteroatoms. The molecular formula is C9H14O3. The van der Waals surface area contributed by atoms with E-state index in [-0.39, 0.29) is 5.60 Å². The molecule has 0 aromatic heterocycles. The van der Waals surface area contributed by atoms with Crippen LogP contribution in [0.1, 0.15) is 19.8 Å². The standard InChI is InChI=1S/C9H14O3/c1-7-6-11-5-4-9(7)3-2-8(10)12-9/h4-5,7-8,10H,2-3,6H2,1H3/t7-,8?,9?/m1/s1. The summed E-state index contributed by atoms with van der Waals surface area (Å²) >= 11 is 0. The highest BCUT2D eigenvalue weighted by atomic mass is 16.6. The molecule has 2 aliphatic rings. The fraction of sp³-hybridized carbons (Fsp3) is 0.778. The molecule has 1 saturated heterocycles. The summed E-state index contributed by atoms with van der Waals surface area (Å²) in [4.78, 5) is 0. The van der Waals surface area contributed by atoms with Crippen LogP contribution in [-0.4, -0.2) is 23.6 Å². The van der Waals surface area contributed by atoms with Crippen LogP contribution in [0.25, 0.3) is 0 Å². The SMILES string of the molecule is C[C@@H]1COC=CC12CCC(O)O2. The molecule has 0 bridgehead atoms. The first-order valence-corrected chi connectivity index (χ1v) is 4.38. The van der Waals surface area contributed by atoms with Crippen molar-refractivity contribution < 1.29 is 14.6 Å². The third kappa shape index (κ3) is 1.13. The van der Waals surface area contributed by atoms with Crippen molar-refractivity contribution in [3.8, 4) is 0 Å². The minimum absolute atomic E-state index is 0.252. The summed E-state index contributed by atoms with van der Waals surface area (Å²) in [5.74, 6) is 0.333. The van der Waals surface area contributed by atoms with Gasteiger partial charge in [0.25, 0.3) is 0 Å². The van der Waals surface area contributed by atoms with E-state index in [0.717, 1.165) is 12.8 Å². The van der Waals surface area contributed by atoms with Crippen molar-refractivity contribution in [2.45, 2.75) is 31.7 Å². The van der Waals surface area contributed by atoms with Gasteiger partial charge in [-0.15, -0.1) is 0 Å². The van der Waals surface area contributed by atoms with Crippen molar-refractivity contribution in [2.24, 2.45) is 5.92 Å². The van der Waals surface area contributed by atoms with E-state index in [1.807, 2.05) is 6.08 Å². The molecule has 2 rings (SSSR count). The molecule has 0 aromatic rings. The largest absolute Gasteiger partial charge is 0.501 e. The van der Waals surface area contributed by atoms with Crippen LogP contribution >= 0.6 is 0 Å². The van der Waals surface area contributed by atoms with Gasteiger partial charge in [0.1, 0.15) is 0 Å². The van der Waals surface area contributed by atoms with E-state index in [1.165, 1.54) is 0 Å². The molecule has 68 valence electrons. The van der Waals surface area contributed by atoms with E-state index in [2.05, 4.69) is 6.92 Å². The maximum Gasteiger partial charge on any atom is 0.155 e. The second-order valence-corrected chi connectivity index (χ2v) is 3.60. The van der Waals surface area contributed by atoms with Crippen LogP contribution in [-0.2, 0) is 9.47 Å². The molecule has 1 spiro atoms. The Bertz CT molecular complexity index is 202.